The van der Waals surface area contributed by atoms with E-state index in [-0.39, 0.29) is 0 Å². The fraction of sp³-hybridized carbons (Fsp3) is 0.471. The van der Waals surface area contributed by atoms with Crippen LogP contribution in [0.3, 0.4) is 0 Å². The molecule has 0 saturated heterocycles. The highest BCUT2D eigenvalue weighted by molar-refractivity contribution is 5.29. The first kappa shape index (κ1) is 15.6. The lowest BCUT2D eigenvalue weighted by Crippen LogP contribution is -2.26. The van der Waals surface area contributed by atoms with Crippen molar-refractivity contribution >= 4 is 0 Å². The Morgan fingerprint density at radius 1 is 1.19 bits per heavy atom. The first-order chi connectivity index (χ1) is 10.3. The van der Waals surface area contributed by atoms with Gasteiger partial charge in [-0.2, -0.15) is 0 Å². The number of aromatic nitrogens is 2. The predicted octanol–water partition coefficient (Wildman–Crippen LogP) is 3.41. The van der Waals surface area contributed by atoms with Crippen molar-refractivity contribution in [2.75, 3.05) is 13.2 Å². The van der Waals surface area contributed by atoms with Gasteiger partial charge in [-0.05, 0) is 37.1 Å². The van der Waals surface area contributed by atoms with E-state index in [4.69, 9.17) is 4.74 Å². The molecule has 1 atom stereocenters. The van der Waals surface area contributed by atoms with Crippen molar-refractivity contribution in [1.82, 2.24) is 14.9 Å². The van der Waals surface area contributed by atoms with Crippen molar-refractivity contribution in [3.8, 4) is 5.75 Å². The Morgan fingerprint density at radius 3 is 2.62 bits per heavy atom. The quantitative estimate of drug-likeness (QED) is 0.768. The molecule has 0 aliphatic rings. The summed E-state index contributed by atoms with van der Waals surface area (Å²) in [7, 11) is 0. The number of benzene rings is 1. The van der Waals surface area contributed by atoms with Crippen LogP contribution in [0, 0.1) is 0 Å². The second kappa shape index (κ2) is 8.47. The smallest absolute Gasteiger partial charge is 0.119 e. The predicted molar refractivity (Wildman–Crippen MR) is 85.5 cm³/mol. The Kier molecular flexibility index (Phi) is 6.28. The average Bonchev–Trinajstić information content (AvgIpc) is 3.03. The van der Waals surface area contributed by atoms with Gasteiger partial charge in [-0.3, -0.25) is 0 Å². The molecule has 21 heavy (non-hydrogen) atoms. The van der Waals surface area contributed by atoms with Crippen LogP contribution in [0.5, 0.6) is 5.75 Å². The van der Waals surface area contributed by atoms with Gasteiger partial charge in [-0.25, -0.2) is 4.98 Å². The molecule has 0 aliphatic heterocycles. The van der Waals surface area contributed by atoms with E-state index in [1.165, 1.54) is 5.56 Å². The minimum absolute atomic E-state index is 0.291. The Labute approximate surface area is 127 Å². The van der Waals surface area contributed by atoms with Gasteiger partial charge >= 0.3 is 0 Å². The van der Waals surface area contributed by atoms with Crippen molar-refractivity contribution in [2.45, 2.75) is 39.3 Å². The van der Waals surface area contributed by atoms with Crippen molar-refractivity contribution < 1.29 is 4.74 Å². The Bertz CT molecular complexity index is 493. The van der Waals surface area contributed by atoms with Crippen LogP contribution in [-0.2, 0) is 6.54 Å². The average molecular weight is 287 g/mol. The van der Waals surface area contributed by atoms with Crippen molar-refractivity contribution in [3.05, 3.63) is 48.5 Å². The molecule has 2 rings (SSSR count). The molecule has 0 bridgehead atoms. The summed E-state index contributed by atoms with van der Waals surface area (Å²) in [6.07, 6.45) is 7.83. The molecule has 0 aliphatic carbocycles. The van der Waals surface area contributed by atoms with Gasteiger partial charge in [0, 0.05) is 18.9 Å². The number of ether oxygens (including phenoxy) is 1. The molecule has 1 unspecified atom stereocenters. The van der Waals surface area contributed by atoms with Gasteiger partial charge in [-0.15, -0.1) is 0 Å². The van der Waals surface area contributed by atoms with Gasteiger partial charge in [0.15, 0.2) is 0 Å². The van der Waals surface area contributed by atoms with E-state index < -0.39 is 0 Å². The lowest BCUT2D eigenvalue weighted by Gasteiger charge is -2.20. The fourth-order valence-electron chi connectivity index (χ4n) is 2.23. The van der Waals surface area contributed by atoms with Crippen molar-refractivity contribution in [3.63, 3.8) is 0 Å². The molecule has 4 heteroatoms. The SMILES string of the molecule is CCCNC(Cn1ccnc1)c1ccc(OCCC)cc1. The normalized spacial score (nSPS) is 12.3. The lowest BCUT2D eigenvalue weighted by atomic mass is 10.1. The van der Waals surface area contributed by atoms with E-state index in [1.54, 1.807) is 0 Å². The molecule has 0 saturated carbocycles. The van der Waals surface area contributed by atoms with Crippen LogP contribution >= 0.6 is 0 Å². The molecule has 114 valence electrons. The Morgan fingerprint density at radius 2 is 2.00 bits per heavy atom. The van der Waals surface area contributed by atoms with Gasteiger partial charge in [0.1, 0.15) is 5.75 Å². The Balaban J connectivity index is 2.04. The zero-order chi connectivity index (χ0) is 14.9. The second-order valence-electron chi connectivity index (χ2n) is 5.18. The number of imidazole rings is 1. The fourth-order valence-corrected chi connectivity index (χ4v) is 2.23. The topological polar surface area (TPSA) is 39.1 Å². The molecule has 1 aromatic carbocycles. The molecule has 0 amide bonds. The van der Waals surface area contributed by atoms with Crippen LogP contribution in [0.1, 0.15) is 38.3 Å². The van der Waals surface area contributed by atoms with Crippen LogP contribution < -0.4 is 10.1 Å². The third-order valence-corrected chi connectivity index (χ3v) is 3.35. The van der Waals surface area contributed by atoms with Crippen LogP contribution in [0.15, 0.2) is 43.0 Å². The molecular weight excluding hydrogens is 262 g/mol. The van der Waals surface area contributed by atoms with Gasteiger partial charge in [0.25, 0.3) is 0 Å². The van der Waals surface area contributed by atoms with E-state index in [1.807, 2.05) is 18.7 Å². The summed E-state index contributed by atoms with van der Waals surface area (Å²) in [5, 5.41) is 3.60. The molecular formula is C17H25N3O. The minimum atomic E-state index is 0.291. The summed E-state index contributed by atoms with van der Waals surface area (Å²) < 4.78 is 7.75. The highest BCUT2D eigenvalue weighted by atomic mass is 16.5. The third kappa shape index (κ3) is 4.90. The number of rotatable bonds is 9. The van der Waals surface area contributed by atoms with Gasteiger partial charge in [0.05, 0.1) is 19.0 Å². The summed E-state index contributed by atoms with van der Waals surface area (Å²) in [6, 6.07) is 8.70. The number of hydrogen-bond donors (Lipinski definition) is 1. The van der Waals surface area contributed by atoms with E-state index >= 15 is 0 Å². The van der Waals surface area contributed by atoms with E-state index in [2.05, 4.69) is 53.0 Å². The minimum Gasteiger partial charge on any atom is -0.494 e. The van der Waals surface area contributed by atoms with E-state index in [0.29, 0.717) is 6.04 Å². The van der Waals surface area contributed by atoms with Crippen LogP contribution in [0.2, 0.25) is 0 Å². The molecule has 1 heterocycles. The zero-order valence-corrected chi connectivity index (χ0v) is 13.0. The maximum Gasteiger partial charge on any atom is 0.119 e. The maximum absolute atomic E-state index is 5.64. The first-order valence-electron chi connectivity index (χ1n) is 7.75. The molecule has 1 N–H and O–H groups in total. The van der Waals surface area contributed by atoms with Crippen LogP contribution in [0.25, 0.3) is 0 Å². The van der Waals surface area contributed by atoms with E-state index in [9.17, 15) is 0 Å². The molecule has 2 aromatic rings. The number of nitrogens with zero attached hydrogens (tertiary/aromatic N) is 2. The van der Waals surface area contributed by atoms with Gasteiger partial charge in [-0.1, -0.05) is 26.0 Å². The summed E-state index contributed by atoms with van der Waals surface area (Å²) in [5.74, 6) is 0.942. The zero-order valence-electron chi connectivity index (χ0n) is 13.0. The largest absolute Gasteiger partial charge is 0.494 e. The highest BCUT2D eigenvalue weighted by Gasteiger charge is 2.11. The molecule has 4 nitrogen and oxygen atoms in total. The summed E-state index contributed by atoms with van der Waals surface area (Å²) >= 11 is 0. The molecule has 0 radical (unpaired) electrons. The first-order valence-corrected chi connectivity index (χ1v) is 7.75. The van der Waals surface area contributed by atoms with Crippen molar-refractivity contribution in [2.24, 2.45) is 0 Å². The number of hydrogen-bond acceptors (Lipinski definition) is 3. The summed E-state index contributed by atoms with van der Waals surface area (Å²) in [5.41, 5.74) is 1.28. The third-order valence-electron chi connectivity index (χ3n) is 3.35. The number of nitrogens with one attached hydrogen (secondary N) is 1. The monoisotopic (exact) mass is 287 g/mol. The molecule has 1 aromatic heterocycles. The Hall–Kier alpha value is -1.81. The van der Waals surface area contributed by atoms with E-state index in [0.717, 1.165) is 38.3 Å². The maximum atomic E-state index is 5.64. The van der Waals surface area contributed by atoms with Crippen LogP contribution in [0.4, 0.5) is 0 Å². The van der Waals surface area contributed by atoms with Gasteiger partial charge < -0.3 is 14.6 Å². The van der Waals surface area contributed by atoms with Crippen LogP contribution in [-0.4, -0.2) is 22.7 Å². The highest BCUT2D eigenvalue weighted by Crippen LogP contribution is 2.19. The summed E-state index contributed by atoms with van der Waals surface area (Å²) in [4.78, 5) is 4.11. The summed E-state index contributed by atoms with van der Waals surface area (Å²) in [6.45, 7) is 6.96. The standard InChI is InChI=1S/C17H25N3O/c1-3-9-19-17(13-20-11-10-18-14-20)15-5-7-16(8-6-15)21-12-4-2/h5-8,10-11,14,17,19H,3-4,9,12-13H2,1-2H3. The molecule has 0 spiro atoms. The lowest BCUT2D eigenvalue weighted by molar-refractivity contribution is 0.317. The molecule has 0 fully saturated rings. The second-order valence-corrected chi connectivity index (χ2v) is 5.18. The van der Waals surface area contributed by atoms with Gasteiger partial charge in [0.2, 0.25) is 0 Å². The van der Waals surface area contributed by atoms with Crippen molar-refractivity contribution in [1.29, 1.82) is 0 Å².